The lowest BCUT2D eigenvalue weighted by Crippen LogP contribution is -2.49. The monoisotopic (exact) mass is 385 g/mol. The predicted molar refractivity (Wildman–Crippen MR) is 107 cm³/mol. The van der Waals surface area contributed by atoms with Gasteiger partial charge in [-0.3, -0.25) is 4.79 Å². The zero-order valence-electron chi connectivity index (χ0n) is 15.3. The Morgan fingerprint density at radius 2 is 1.67 bits per heavy atom. The number of carbonyl (C=O) groups is 2. The molecule has 1 fully saturated rings. The second-order valence-electron chi connectivity index (χ2n) is 6.79. The minimum absolute atomic E-state index is 0.0640. The number of halogens is 1. The molecule has 2 aromatic carbocycles. The van der Waals surface area contributed by atoms with Gasteiger partial charge in [0, 0.05) is 29.7 Å². The lowest BCUT2D eigenvalue weighted by atomic mass is 10.0. The van der Waals surface area contributed by atoms with Gasteiger partial charge in [0.05, 0.1) is 6.04 Å². The summed E-state index contributed by atoms with van der Waals surface area (Å²) < 4.78 is 0. The van der Waals surface area contributed by atoms with Gasteiger partial charge in [0.15, 0.2) is 0 Å². The zero-order chi connectivity index (χ0) is 19.2. The van der Waals surface area contributed by atoms with Crippen molar-refractivity contribution in [2.24, 2.45) is 0 Å². The van der Waals surface area contributed by atoms with Crippen molar-refractivity contribution in [3.63, 3.8) is 0 Å². The first-order chi connectivity index (χ1) is 13.0. The van der Waals surface area contributed by atoms with Crippen LogP contribution in [0, 0.1) is 0 Å². The van der Waals surface area contributed by atoms with Crippen molar-refractivity contribution in [1.82, 2.24) is 15.5 Å². The summed E-state index contributed by atoms with van der Waals surface area (Å²) in [4.78, 5) is 26.6. The highest BCUT2D eigenvalue weighted by atomic mass is 35.5. The second-order valence-corrected chi connectivity index (χ2v) is 7.20. The summed E-state index contributed by atoms with van der Waals surface area (Å²) in [6, 6.07) is 16.5. The van der Waals surface area contributed by atoms with E-state index in [4.69, 9.17) is 11.6 Å². The van der Waals surface area contributed by atoms with Crippen LogP contribution in [0.15, 0.2) is 54.6 Å². The van der Waals surface area contributed by atoms with Gasteiger partial charge in [-0.1, -0.05) is 48.0 Å². The summed E-state index contributed by atoms with van der Waals surface area (Å²) in [6.07, 6.45) is 1.49. The van der Waals surface area contributed by atoms with Gasteiger partial charge < -0.3 is 15.5 Å². The standard InChI is InChI=1S/C21H24ClN3O2/c1-15(18-9-5-6-10-19(18)22)23-21(27)25-13-11-17(12-14-25)24-20(26)16-7-3-2-4-8-16/h2-10,15,17H,11-14H2,1H3,(H,23,27)(H,24,26)/t15-/m0/s1. The van der Waals surface area contributed by atoms with Crippen molar-refractivity contribution in [3.05, 3.63) is 70.7 Å². The molecule has 2 N–H and O–H groups in total. The Bertz CT molecular complexity index is 789. The first kappa shape index (κ1) is 19.2. The largest absolute Gasteiger partial charge is 0.349 e. The van der Waals surface area contributed by atoms with Gasteiger partial charge in [-0.15, -0.1) is 0 Å². The van der Waals surface area contributed by atoms with E-state index in [1.165, 1.54) is 0 Å². The summed E-state index contributed by atoms with van der Waals surface area (Å²) in [6.45, 7) is 3.15. The molecule has 6 heteroatoms. The molecule has 3 amide bonds. The topological polar surface area (TPSA) is 61.4 Å². The van der Waals surface area contributed by atoms with Crippen LogP contribution in [0.2, 0.25) is 5.02 Å². The maximum absolute atomic E-state index is 12.5. The van der Waals surface area contributed by atoms with E-state index in [0.717, 1.165) is 18.4 Å². The molecule has 1 heterocycles. The minimum atomic E-state index is -0.165. The summed E-state index contributed by atoms with van der Waals surface area (Å²) in [7, 11) is 0. The number of urea groups is 1. The number of rotatable bonds is 4. The Labute approximate surface area is 164 Å². The number of piperidine rings is 1. The second kappa shape index (κ2) is 8.91. The molecule has 1 saturated heterocycles. The van der Waals surface area contributed by atoms with E-state index in [-0.39, 0.29) is 24.0 Å². The van der Waals surface area contributed by atoms with Gasteiger partial charge in [0.2, 0.25) is 0 Å². The molecular weight excluding hydrogens is 362 g/mol. The highest BCUT2D eigenvalue weighted by molar-refractivity contribution is 6.31. The van der Waals surface area contributed by atoms with Crippen molar-refractivity contribution in [2.45, 2.75) is 31.8 Å². The van der Waals surface area contributed by atoms with Gasteiger partial charge in [0.25, 0.3) is 5.91 Å². The van der Waals surface area contributed by atoms with Crippen LogP contribution >= 0.6 is 11.6 Å². The molecular formula is C21H24ClN3O2. The fraction of sp³-hybridized carbons (Fsp3) is 0.333. The molecule has 142 valence electrons. The zero-order valence-corrected chi connectivity index (χ0v) is 16.1. The molecule has 0 aliphatic carbocycles. The van der Waals surface area contributed by atoms with Gasteiger partial charge >= 0.3 is 6.03 Å². The first-order valence-electron chi connectivity index (χ1n) is 9.20. The van der Waals surface area contributed by atoms with Gasteiger partial charge in [-0.25, -0.2) is 4.79 Å². The van der Waals surface area contributed by atoms with Crippen LogP contribution in [-0.4, -0.2) is 36.0 Å². The molecule has 0 unspecified atom stereocenters. The molecule has 3 rings (SSSR count). The van der Waals surface area contributed by atoms with Crippen LogP contribution in [0.25, 0.3) is 0 Å². The lowest BCUT2D eigenvalue weighted by molar-refractivity contribution is 0.0917. The van der Waals surface area contributed by atoms with Crippen LogP contribution in [-0.2, 0) is 0 Å². The fourth-order valence-electron chi connectivity index (χ4n) is 3.27. The highest BCUT2D eigenvalue weighted by Crippen LogP contribution is 2.22. The van der Waals surface area contributed by atoms with E-state index in [2.05, 4.69) is 10.6 Å². The van der Waals surface area contributed by atoms with E-state index < -0.39 is 0 Å². The van der Waals surface area contributed by atoms with Crippen LogP contribution in [0.3, 0.4) is 0 Å². The number of benzene rings is 2. The maximum atomic E-state index is 12.5. The molecule has 0 saturated carbocycles. The molecule has 0 spiro atoms. The van der Waals surface area contributed by atoms with Crippen molar-refractivity contribution in [2.75, 3.05) is 13.1 Å². The Morgan fingerprint density at radius 1 is 1.04 bits per heavy atom. The number of carbonyl (C=O) groups excluding carboxylic acids is 2. The van der Waals surface area contributed by atoms with Crippen molar-refractivity contribution in [3.8, 4) is 0 Å². The smallest absolute Gasteiger partial charge is 0.317 e. The predicted octanol–water partition coefficient (Wildman–Crippen LogP) is 4.01. The number of hydrogen-bond donors (Lipinski definition) is 2. The third kappa shape index (κ3) is 5.01. The van der Waals surface area contributed by atoms with E-state index in [1.807, 2.05) is 49.4 Å². The first-order valence-corrected chi connectivity index (χ1v) is 9.58. The SMILES string of the molecule is C[C@H](NC(=O)N1CCC(NC(=O)c2ccccc2)CC1)c1ccccc1Cl. The normalized spacial score (nSPS) is 15.9. The van der Waals surface area contributed by atoms with E-state index in [9.17, 15) is 9.59 Å². The number of nitrogens with one attached hydrogen (secondary N) is 2. The number of likely N-dealkylation sites (tertiary alicyclic amines) is 1. The summed E-state index contributed by atoms with van der Waals surface area (Å²) in [5.41, 5.74) is 1.56. The molecule has 27 heavy (non-hydrogen) atoms. The molecule has 2 aromatic rings. The van der Waals surface area contributed by atoms with E-state index in [1.54, 1.807) is 17.0 Å². The van der Waals surface area contributed by atoms with Crippen LogP contribution < -0.4 is 10.6 Å². The Kier molecular flexibility index (Phi) is 6.35. The van der Waals surface area contributed by atoms with Crippen LogP contribution in [0.1, 0.15) is 41.7 Å². The number of amides is 3. The summed E-state index contributed by atoms with van der Waals surface area (Å²) in [5, 5.41) is 6.70. The third-order valence-corrected chi connectivity index (χ3v) is 5.21. The molecule has 0 bridgehead atoms. The average Bonchev–Trinajstić information content (AvgIpc) is 2.69. The molecule has 1 atom stereocenters. The highest BCUT2D eigenvalue weighted by Gasteiger charge is 2.25. The number of nitrogens with zero attached hydrogens (tertiary/aromatic N) is 1. The van der Waals surface area contributed by atoms with Crippen molar-refractivity contribution >= 4 is 23.5 Å². The molecule has 5 nitrogen and oxygen atoms in total. The molecule has 1 aliphatic rings. The maximum Gasteiger partial charge on any atom is 0.317 e. The minimum Gasteiger partial charge on any atom is -0.349 e. The summed E-state index contributed by atoms with van der Waals surface area (Å²) >= 11 is 6.20. The van der Waals surface area contributed by atoms with Crippen molar-refractivity contribution < 1.29 is 9.59 Å². The molecule has 1 aliphatic heterocycles. The van der Waals surface area contributed by atoms with Crippen LogP contribution in [0.5, 0.6) is 0 Å². The molecule has 0 radical (unpaired) electrons. The number of hydrogen-bond acceptors (Lipinski definition) is 2. The van der Waals surface area contributed by atoms with Crippen LogP contribution in [0.4, 0.5) is 4.79 Å². The lowest BCUT2D eigenvalue weighted by Gasteiger charge is -2.33. The third-order valence-electron chi connectivity index (χ3n) is 4.87. The van der Waals surface area contributed by atoms with Gasteiger partial charge in [-0.05, 0) is 43.5 Å². The van der Waals surface area contributed by atoms with Gasteiger partial charge in [0.1, 0.15) is 0 Å². The average molecular weight is 386 g/mol. The molecule has 0 aromatic heterocycles. The Balaban J connectivity index is 1.48. The van der Waals surface area contributed by atoms with Gasteiger partial charge in [-0.2, -0.15) is 0 Å². The summed E-state index contributed by atoms with van der Waals surface area (Å²) in [5.74, 6) is -0.0640. The quantitative estimate of drug-likeness (QED) is 0.835. The van der Waals surface area contributed by atoms with Crippen molar-refractivity contribution in [1.29, 1.82) is 0 Å². The van der Waals surface area contributed by atoms with E-state index >= 15 is 0 Å². The fourth-order valence-corrected chi connectivity index (χ4v) is 3.57. The Hall–Kier alpha value is -2.53. The van der Waals surface area contributed by atoms with E-state index in [0.29, 0.717) is 23.7 Å². The Morgan fingerprint density at radius 3 is 2.33 bits per heavy atom.